The van der Waals surface area contributed by atoms with E-state index >= 15 is 0 Å². The summed E-state index contributed by atoms with van der Waals surface area (Å²) in [5.74, 6) is -3.25. The Morgan fingerprint density at radius 2 is 0.673 bits per heavy atom. The molecular weight excluding hydrogens is 641 g/mol. The summed E-state index contributed by atoms with van der Waals surface area (Å²) < 4.78 is 0. The Morgan fingerprint density at radius 3 is 0.981 bits per heavy atom. The molecule has 0 aliphatic carbocycles. The Morgan fingerprint density at radius 1 is 0.404 bits per heavy atom. The van der Waals surface area contributed by atoms with Gasteiger partial charge in [-0.2, -0.15) is 0 Å². The second-order valence-corrected chi connectivity index (χ2v) is 15.7. The van der Waals surface area contributed by atoms with Gasteiger partial charge in [-0.3, -0.25) is 9.59 Å². The Bertz CT molecular complexity index is 2090. The molecule has 4 heteroatoms. The van der Waals surface area contributed by atoms with Crippen molar-refractivity contribution in [1.29, 1.82) is 0 Å². The Labute approximate surface area is 308 Å². The van der Waals surface area contributed by atoms with Crippen LogP contribution in [0.3, 0.4) is 0 Å². The summed E-state index contributed by atoms with van der Waals surface area (Å²) in [4.78, 5) is 27.0. The molecular formula is C48H56O4. The molecule has 0 amide bonds. The zero-order valence-electron chi connectivity index (χ0n) is 31.4. The van der Waals surface area contributed by atoms with Crippen molar-refractivity contribution in [3.8, 4) is 0 Å². The van der Waals surface area contributed by atoms with Crippen LogP contribution in [0.15, 0.2) is 60.7 Å². The van der Waals surface area contributed by atoms with Gasteiger partial charge in [-0.25, -0.2) is 0 Å². The molecule has 0 heterocycles. The highest BCUT2D eigenvalue weighted by atomic mass is 16.4. The van der Waals surface area contributed by atoms with E-state index in [9.17, 15) is 19.8 Å². The van der Waals surface area contributed by atoms with Crippen LogP contribution in [0.25, 0.3) is 64.6 Å². The monoisotopic (exact) mass is 696 g/mol. The minimum Gasteiger partial charge on any atom is -0.481 e. The highest BCUT2D eigenvalue weighted by Gasteiger charge is 2.35. The normalized spacial score (nSPS) is 13.6. The number of hydrogen-bond donors (Lipinski definition) is 2. The molecule has 0 aliphatic rings. The van der Waals surface area contributed by atoms with Crippen LogP contribution in [0.2, 0.25) is 0 Å². The van der Waals surface area contributed by atoms with Crippen molar-refractivity contribution >= 4 is 76.6 Å². The maximum Gasteiger partial charge on any atom is 0.311 e. The second-order valence-electron chi connectivity index (χ2n) is 15.7. The predicted molar refractivity (Wildman–Crippen MR) is 220 cm³/mol. The molecule has 2 N–H and O–H groups in total. The Kier molecular flexibility index (Phi) is 11.3. The minimum atomic E-state index is -0.847. The molecule has 4 nitrogen and oxygen atoms in total. The molecule has 0 saturated heterocycles. The highest BCUT2D eigenvalue weighted by molar-refractivity contribution is 6.45. The second kappa shape index (κ2) is 16.2. The number of aliphatic carboxylic acids is 2. The summed E-state index contributed by atoms with van der Waals surface area (Å²) in [6.07, 6.45) is 19.2. The van der Waals surface area contributed by atoms with E-state index in [4.69, 9.17) is 0 Å². The van der Waals surface area contributed by atoms with Crippen molar-refractivity contribution in [2.75, 3.05) is 0 Å². The van der Waals surface area contributed by atoms with Crippen LogP contribution in [-0.4, -0.2) is 22.2 Å². The molecule has 0 bridgehead atoms. The van der Waals surface area contributed by atoms with Crippen molar-refractivity contribution in [1.82, 2.24) is 0 Å². The van der Waals surface area contributed by atoms with Crippen LogP contribution >= 0.6 is 0 Å². The predicted octanol–water partition coefficient (Wildman–Crippen LogP) is 14.3. The van der Waals surface area contributed by atoms with E-state index in [1.54, 1.807) is 0 Å². The van der Waals surface area contributed by atoms with Crippen LogP contribution in [0, 0.1) is 0 Å². The van der Waals surface area contributed by atoms with Gasteiger partial charge in [-0.1, -0.05) is 177 Å². The first-order valence-corrected chi connectivity index (χ1v) is 20.5. The molecule has 7 rings (SSSR count). The maximum atomic E-state index is 13.5. The van der Waals surface area contributed by atoms with Gasteiger partial charge in [0, 0.05) is 0 Å². The molecule has 0 fully saturated rings. The van der Waals surface area contributed by atoms with Crippen LogP contribution in [-0.2, 0) is 9.59 Å². The van der Waals surface area contributed by atoms with Gasteiger partial charge in [0.2, 0.25) is 0 Å². The Balaban J connectivity index is 1.38. The highest BCUT2D eigenvalue weighted by Crippen LogP contribution is 2.53. The van der Waals surface area contributed by atoms with E-state index < -0.39 is 23.8 Å². The van der Waals surface area contributed by atoms with Crippen molar-refractivity contribution < 1.29 is 19.8 Å². The van der Waals surface area contributed by atoms with Crippen LogP contribution in [0.1, 0.15) is 152 Å². The summed E-state index contributed by atoms with van der Waals surface area (Å²) >= 11 is 0. The standard InChI is InChI=1S/C48H56O4/c1-3-5-7-9-11-13-15-17-19-37(47(49)50)43-35-29-27-33-25-23-31-21-22-32-24-26-34-28-30-36(46-42(34)40(32)39(31)41(33)45(35)46)44(43)38(48(51)52)20-18-16-14-12-10-8-6-4-2/h21-30,37-38H,3-20H2,1-2H3,(H,49,50)(H,51,52). The smallest absolute Gasteiger partial charge is 0.311 e. The number of carbonyl (C=O) groups is 2. The number of rotatable bonds is 22. The molecule has 0 saturated carbocycles. The lowest BCUT2D eigenvalue weighted by Gasteiger charge is -2.29. The summed E-state index contributed by atoms with van der Waals surface area (Å²) in [6, 6.07) is 21.7. The van der Waals surface area contributed by atoms with E-state index in [0.29, 0.717) is 12.8 Å². The summed E-state index contributed by atoms with van der Waals surface area (Å²) in [5, 5.41) is 35.6. The number of benzene rings is 7. The van der Waals surface area contributed by atoms with Gasteiger partial charge in [0.25, 0.3) is 0 Å². The molecule has 2 unspecified atom stereocenters. The number of carboxylic acid groups (broad SMARTS) is 2. The summed E-state index contributed by atoms with van der Waals surface area (Å²) in [6.45, 7) is 4.47. The average Bonchev–Trinajstić information content (AvgIpc) is 3.15. The van der Waals surface area contributed by atoms with Crippen LogP contribution < -0.4 is 0 Å². The fourth-order valence-corrected chi connectivity index (χ4v) is 9.62. The third-order valence-corrected chi connectivity index (χ3v) is 12.2. The fourth-order valence-electron chi connectivity index (χ4n) is 9.62. The molecule has 272 valence electrons. The quantitative estimate of drug-likeness (QED) is 0.0420. The first kappa shape index (κ1) is 36.2. The van der Waals surface area contributed by atoms with Crippen molar-refractivity contribution in [3.05, 3.63) is 71.8 Å². The first-order valence-electron chi connectivity index (χ1n) is 20.5. The molecule has 0 radical (unpaired) electrons. The topological polar surface area (TPSA) is 74.6 Å². The van der Waals surface area contributed by atoms with Crippen molar-refractivity contribution in [2.45, 2.75) is 141 Å². The van der Waals surface area contributed by atoms with Crippen molar-refractivity contribution in [2.24, 2.45) is 0 Å². The average molecular weight is 697 g/mol. The summed E-state index contributed by atoms with van der Waals surface area (Å²) in [7, 11) is 0. The molecule has 2 atom stereocenters. The van der Waals surface area contributed by atoms with E-state index in [-0.39, 0.29) is 0 Å². The third kappa shape index (κ3) is 6.74. The molecule has 0 spiro atoms. The summed E-state index contributed by atoms with van der Waals surface area (Å²) in [5.41, 5.74) is 1.49. The molecule has 0 aliphatic heterocycles. The van der Waals surface area contributed by atoms with Crippen LogP contribution in [0.4, 0.5) is 0 Å². The number of unbranched alkanes of at least 4 members (excludes halogenated alkanes) is 14. The zero-order chi connectivity index (χ0) is 36.2. The lowest BCUT2D eigenvalue weighted by atomic mass is 9.74. The molecule has 7 aromatic rings. The van der Waals surface area contributed by atoms with Gasteiger partial charge in [0.1, 0.15) is 0 Å². The lowest BCUT2D eigenvalue weighted by molar-refractivity contribution is -0.140. The van der Waals surface area contributed by atoms with Gasteiger partial charge in [0.15, 0.2) is 0 Å². The molecule has 52 heavy (non-hydrogen) atoms. The van der Waals surface area contributed by atoms with E-state index in [0.717, 1.165) is 82.0 Å². The van der Waals surface area contributed by atoms with Gasteiger partial charge >= 0.3 is 11.9 Å². The molecule has 0 aromatic heterocycles. The van der Waals surface area contributed by atoms with Gasteiger partial charge < -0.3 is 10.2 Å². The SMILES string of the molecule is CCCCCCCCCCC(C(=O)O)c1c(C(CCCCCCCCCC)C(=O)O)c2ccc3ccc4ccc5ccc6ccc1c1c6c5c4c3c21. The third-order valence-electron chi connectivity index (χ3n) is 12.2. The largest absolute Gasteiger partial charge is 0.481 e. The van der Waals surface area contributed by atoms with E-state index in [1.165, 1.54) is 96.5 Å². The van der Waals surface area contributed by atoms with Gasteiger partial charge in [-0.05, 0) is 88.6 Å². The first-order chi connectivity index (χ1) is 25.5. The Hall–Kier alpha value is -4.18. The van der Waals surface area contributed by atoms with Crippen LogP contribution in [0.5, 0.6) is 0 Å². The number of hydrogen-bond acceptors (Lipinski definition) is 2. The number of carboxylic acids is 2. The van der Waals surface area contributed by atoms with Gasteiger partial charge in [-0.15, -0.1) is 0 Å². The molecule has 7 aromatic carbocycles. The fraction of sp³-hybridized carbons (Fsp3) is 0.458. The zero-order valence-corrected chi connectivity index (χ0v) is 31.4. The van der Waals surface area contributed by atoms with E-state index in [1.807, 2.05) is 0 Å². The minimum absolute atomic E-state index is 0.513. The van der Waals surface area contributed by atoms with Crippen molar-refractivity contribution in [3.63, 3.8) is 0 Å². The lowest BCUT2D eigenvalue weighted by Crippen LogP contribution is -2.20. The van der Waals surface area contributed by atoms with E-state index in [2.05, 4.69) is 74.5 Å². The maximum absolute atomic E-state index is 13.5. The van der Waals surface area contributed by atoms with Gasteiger partial charge in [0.05, 0.1) is 11.8 Å².